The molecule has 3 atom stereocenters. The summed E-state index contributed by atoms with van der Waals surface area (Å²) in [5, 5.41) is 0. The molecule has 1 amide bonds. The van der Waals surface area contributed by atoms with E-state index in [1.807, 2.05) is 0 Å². The molecule has 0 saturated heterocycles. The Morgan fingerprint density at radius 2 is 1.86 bits per heavy atom. The number of nitrogens with zero attached hydrogens (tertiary/aromatic N) is 1. The number of nitrogens with two attached hydrogens (primary N) is 1. The van der Waals surface area contributed by atoms with Gasteiger partial charge in [0.05, 0.1) is 17.5 Å². The van der Waals surface area contributed by atoms with E-state index in [1.165, 1.54) is 6.07 Å². The highest BCUT2D eigenvalue weighted by Gasteiger charge is 2.32. The van der Waals surface area contributed by atoms with E-state index in [1.54, 1.807) is 38.7 Å². The first-order chi connectivity index (χ1) is 10.1. The number of alkyl halides is 3. The number of amides is 1. The zero-order chi connectivity index (χ0) is 17.1. The second kappa shape index (κ2) is 7.13. The second-order valence-corrected chi connectivity index (χ2v) is 5.57. The fraction of sp³-hybridized carbons (Fsp3) is 0.562. The van der Waals surface area contributed by atoms with E-state index in [2.05, 4.69) is 0 Å². The summed E-state index contributed by atoms with van der Waals surface area (Å²) in [5.41, 5.74) is 5.51. The molecule has 0 spiro atoms. The Morgan fingerprint density at radius 1 is 1.27 bits per heavy atom. The molecule has 0 saturated carbocycles. The molecule has 0 aliphatic heterocycles. The average Bonchev–Trinajstić information content (AvgIpc) is 2.46. The molecule has 22 heavy (non-hydrogen) atoms. The summed E-state index contributed by atoms with van der Waals surface area (Å²) < 4.78 is 38.4. The third kappa shape index (κ3) is 4.22. The van der Waals surface area contributed by atoms with Crippen molar-refractivity contribution in [2.75, 3.05) is 6.54 Å². The zero-order valence-electron chi connectivity index (χ0n) is 13.3. The van der Waals surface area contributed by atoms with Crippen molar-refractivity contribution in [3.05, 3.63) is 35.4 Å². The average molecular weight is 316 g/mol. The first-order valence-corrected chi connectivity index (χ1v) is 7.32. The van der Waals surface area contributed by atoms with Crippen molar-refractivity contribution in [1.29, 1.82) is 0 Å². The molecule has 0 radical (unpaired) electrons. The first kappa shape index (κ1) is 18.5. The maximum absolute atomic E-state index is 12.8. The lowest BCUT2D eigenvalue weighted by Crippen LogP contribution is -2.42. The van der Waals surface area contributed by atoms with Gasteiger partial charge in [0.2, 0.25) is 5.91 Å². The van der Waals surface area contributed by atoms with Crippen molar-refractivity contribution in [3.63, 3.8) is 0 Å². The number of carbonyl (C=O) groups excluding carboxylic acids is 1. The van der Waals surface area contributed by atoms with Gasteiger partial charge in [-0.25, -0.2) is 0 Å². The smallest absolute Gasteiger partial charge is 0.336 e. The van der Waals surface area contributed by atoms with Crippen molar-refractivity contribution in [3.8, 4) is 0 Å². The van der Waals surface area contributed by atoms with Gasteiger partial charge in [0.1, 0.15) is 0 Å². The van der Waals surface area contributed by atoms with Crippen molar-refractivity contribution >= 4 is 5.91 Å². The fourth-order valence-corrected chi connectivity index (χ4v) is 2.26. The zero-order valence-corrected chi connectivity index (χ0v) is 13.3. The predicted molar refractivity (Wildman–Crippen MR) is 80.1 cm³/mol. The van der Waals surface area contributed by atoms with E-state index in [-0.39, 0.29) is 17.9 Å². The van der Waals surface area contributed by atoms with Gasteiger partial charge < -0.3 is 10.6 Å². The maximum Gasteiger partial charge on any atom is 0.416 e. The van der Waals surface area contributed by atoms with E-state index in [4.69, 9.17) is 5.73 Å². The molecule has 1 rings (SSSR count). The minimum Gasteiger partial charge on any atom is -0.336 e. The van der Waals surface area contributed by atoms with Crippen molar-refractivity contribution in [2.45, 2.75) is 46.0 Å². The lowest BCUT2D eigenvalue weighted by Gasteiger charge is -2.32. The van der Waals surface area contributed by atoms with Crippen LogP contribution in [-0.4, -0.2) is 23.4 Å². The van der Waals surface area contributed by atoms with Crippen molar-refractivity contribution in [2.24, 2.45) is 11.7 Å². The van der Waals surface area contributed by atoms with Gasteiger partial charge in [-0.2, -0.15) is 13.2 Å². The van der Waals surface area contributed by atoms with Crippen LogP contribution in [0.5, 0.6) is 0 Å². The quantitative estimate of drug-likeness (QED) is 0.902. The Morgan fingerprint density at radius 3 is 2.32 bits per heavy atom. The molecule has 3 nitrogen and oxygen atoms in total. The van der Waals surface area contributed by atoms with Crippen LogP contribution in [0.3, 0.4) is 0 Å². The van der Waals surface area contributed by atoms with E-state index in [9.17, 15) is 18.0 Å². The molecule has 2 N–H and O–H groups in total. The van der Waals surface area contributed by atoms with E-state index >= 15 is 0 Å². The monoisotopic (exact) mass is 316 g/mol. The molecule has 0 bridgehead atoms. The summed E-state index contributed by atoms with van der Waals surface area (Å²) in [5.74, 6) is -0.532. The van der Waals surface area contributed by atoms with Crippen LogP contribution in [0.25, 0.3) is 0 Å². The molecule has 0 heterocycles. The Balaban J connectivity index is 3.07. The lowest BCUT2D eigenvalue weighted by atomic mass is 9.99. The molecule has 3 unspecified atom stereocenters. The van der Waals surface area contributed by atoms with E-state index < -0.39 is 17.8 Å². The van der Waals surface area contributed by atoms with E-state index in [0.29, 0.717) is 12.1 Å². The van der Waals surface area contributed by atoms with Gasteiger partial charge in [0.15, 0.2) is 0 Å². The molecule has 0 aliphatic carbocycles. The SMILES string of the molecule is CCN(C(=O)C(C)C(C)N)C(C)c1cccc(C(F)(F)F)c1. The topological polar surface area (TPSA) is 46.3 Å². The Labute approximate surface area is 129 Å². The summed E-state index contributed by atoms with van der Waals surface area (Å²) in [7, 11) is 0. The molecule has 0 aliphatic rings. The maximum atomic E-state index is 12.8. The van der Waals surface area contributed by atoms with Crippen molar-refractivity contribution in [1.82, 2.24) is 4.90 Å². The first-order valence-electron chi connectivity index (χ1n) is 7.32. The largest absolute Gasteiger partial charge is 0.416 e. The minimum atomic E-state index is -4.39. The number of rotatable bonds is 5. The predicted octanol–water partition coefficient (Wildman–Crippen LogP) is 3.60. The highest BCUT2D eigenvalue weighted by atomic mass is 19.4. The lowest BCUT2D eigenvalue weighted by molar-refractivity contribution is -0.137. The van der Waals surface area contributed by atoms with Crippen LogP contribution in [0.1, 0.15) is 44.9 Å². The van der Waals surface area contributed by atoms with Gasteiger partial charge in [0.25, 0.3) is 0 Å². The third-order valence-electron chi connectivity index (χ3n) is 3.97. The molecule has 124 valence electrons. The van der Waals surface area contributed by atoms with Crippen LogP contribution in [0.4, 0.5) is 13.2 Å². The van der Waals surface area contributed by atoms with Crippen LogP contribution in [0.15, 0.2) is 24.3 Å². The minimum absolute atomic E-state index is 0.151. The summed E-state index contributed by atoms with van der Waals surface area (Å²) in [4.78, 5) is 14.0. The van der Waals surface area contributed by atoms with Gasteiger partial charge >= 0.3 is 6.18 Å². The Bertz CT molecular complexity index is 514. The van der Waals surface area contributed by atoms with Crippen LogP contribution in [-0.2, 0) is 11.0 Å². The van der Waals surface area contributed by atoms with Gasteiger partial charge in [0, 0.05) is 12.6 Å². The number of hydrogen-bond donors (Lipinski definition) is 1. The van der Waals surface area contributed by atoms with Crippen LogP contribution in [0, 0.1) is 5.92 Å². The Kier molecular flexibility index (Phi) is 6.00. The molecule has 1 aromatic rings. The fourth-order valence-electron chi connectivity index (χ4n) is 2.26. The third-order valence-corrected chi connectivity index (χ3v) is 3.97. The van der Waals surface area contributed by atoms with Crippen LogP contribution in [0.2, 0.25) is 0 Å². The van der Waals surface area contributed by atoms with Crippen LogP contribution < -0.4 is 5.73 Å². The summed E-state index contributed by atoms with van der Waals surface area (Å²) >= 11 is 0. The number of halogens is 3. The number of benzene rings is 1. The van der Waals surface area contributed by atoms with Gasteiger partial charge in [-0.05, 0) is 38.5 Å². The van der Waals surface area contributed by atoms with Crippen LogP contribution >= 0.6 is 0 Å². The summed E-state index contributed by atoms with van der Waals surface area (Å²) in [6.45, 7) is 7.41. The van der Waals surface area contributed by atoms with Gasteiger partial charge in [-0.3, -0.25) is 4.79 Å². The van der Waals surface area contributed by atoms with E-state index in [0.717, 1.165) is 12.1 Å². The number of carbonyl (C=O) groups is 1. The molecule has 0 fully saturated rings. The van der Waals surface area contributed by atoms with Crippen molar-refractivity contribution < 1.29 is 18.0 Å². The standard InChI is InChI=1S/C16H23F3N2O/c1-5-21(15(22)10(2)11(3)20)12(4)13-7-6-8-14(9-13)16(17,18)19/h6-12H,5,20H2,1-4H3. The van der Waals surface area contributed by atoms with Gasteiger partial charge in [-0.1, -0.05) is 19.1 Å². The normalized spacial score (nSPS) is 16.0. The highest BCUT2D eigenvalue weighted by Crippen LogP contribution is 2.32. The molecular formula is C16H23F3N2O. The molecule has 6 heteroatoms. The second-order valence-electron chi connectivity index (χ2n) is 5.57. The molecule has 0 aromatic heterocycles. The summed E-state index contributed by atoms with van der Waals surface area (Å²) in [6, 6.07) is 4.33. The van der Waals surface area contributed by atoms with Gasteiger partial charge in [-0.15, -0.1) is 0 Å². The highest BCUT2D eigenvalue weighted by molar-refractivity contribution is 5.79. The molecular weight excluding hydrogens is 293 g/mol. The molecule has 1 aromatic carbocycles. The summed E-state index contributed by atoms with van der Waals surface area (Å²) in [6.07, 6.45) is -4.39. The Hall–Kier alpha value is -1.56. The number of hydrogen-bond acceptors (Lipinski definition) is 2.